The smallest absolute Gasteiger partial charge is 0.251 e. The largest absolute Gasteiger partial charge is 0.492 e. The molecule has 176 valence electrons. The first-order valence-corrected chi connectivity index (χ1v) is 12.6. The number of aryl methyl sites for hydroxylation is 1. The molecule has 34 heavy (non-hydrogen) atoms. The third-order valence-corrected chi connectivity index (χ3v) is 6.33. The maximum atomic E-state index is 12.3. The number of carbonyl (C=O) groups excluding carboxylic acids is 1. The van der Waals surface area contributed by atoms with E-state index in [0.717, 1.165) is 59.3 Å². The zero-order valence-corrected chi connectivity index (χ0v) is 21.2. The molecule has 0 radical (unpaired) electrons. The van der Waals surface area contributed by atoms with Gasteiger partial charge < -0.3 is 14.6 Å². The number of ether oxygens (including phenoxy) is 1. The van der Waals surface area contributed by atoms with Gasteiger partial charge in [-0.1, -0.05) is 52.2 Å². The van der Waals surface area contributed by atoms with Crippen LogP contribution in [-0.2, 0) is 13.0 Å². The average molecular weight is 541 g/mol. The number of halogens is 2. The molecule has 0 spiro atoms. The van der Waals surface area contributed by atoms with Gasteiger partial charge in [0.05, 0.1) is 17.6 Å². The van der Waals surface area contributed by atoms with Crippen molar-refractivity contribution in [3.05, 3.63) is 93.7 Å². The van der Waals surface area contributed by atoms with Gasteiger partial charge in [0.1, 0.15) is 18.2 Å². The van der Waals surface area contributed by atoms with Gasteiger partial charge in [0.25, 0.3) is 5.91 Å². The van der Waals surface area contributed by atoms with E-state index in [1.807, 2.05) is 66.7 Å². The van der Waals surface area contributed by atoms with Crippen molar-refractivity contribution in [1.29, 1.82) is 0 Å². The maximum absolute atomic E-state index is 12.3. The van der Waals surface area contributed by atoms with Crippen LogP contribution in [0, 0.1) is 0 Å². The van der Waals surface area contributed by atoms with E-state index in [0.29, 0.717) is 23.7 Å². The summed E-state index contributed by atoms with van der Waals surface area (Å²) in [5, 5.41) is 3.70. The molecule has 0 saturated heterocycles. The fourth-order valence-electron chi connectivity index (χ4n) is 3.87. The fraction of sp³-hybridized carbons (Fsp3) is 0.259. The van der Waals surface area contributed by atoms with Gasteiger partial charge in [-0.3, -0.25) is 4.79 Å². The first kappa shape index (κ1) is 24.3. The molecule has 0 bridgehead atoms. The summed E-state index contributed by atoms with van der Waals surface area (Å²) in [6.45, 7) is 1.94. The summed E-state index contributed by atoms with van der Waals surface area (Å²) in [6, 6.07) is 23.1. The van der Waals surface area contributed by atoms with Crippen LogP contribution in [0.5, 0.6) is 5.75 Å². The van der Waals surface area contributed by atoms with E-state index >= 15 is 0 Å². The van der Waals surface area contributed by atoms with Crippen molar-refractivity contribution in [3.63, 3.8) is 0 Å². The molecule has 4 aromatic rings. The Hall–Kier alpha value is -2.83. The van der Waals surface area contributed by atoms with Crippen LogP contribution in [-0.4, -0.2) is 28.6 Å². The van der Waals surface area contributed by atoms with Gasteiger partial charge in [-0.25, -0.2) is 4.98 Å². The van der Waals surface area contributed by atoms with Crippen LogP contribution in [0.4, 0.5) is 0 Å². The number of amides is 1. The highest BCUT2D eigenvalue weighted by Gasteiger charge is 2.11. The molecule has 5 nitrogen and oxygen atoms in total. The number of hydrogen-bond donors (Lipinski definition) is 1. The summed E-state index contributed by atoms with van der Waals surface area (Å²) in [5.41, 5.74) is 2.80. The number of para-hydroxylation sites is 2. The number of rotatable bonds is 11. The molecule has 0 unspecified atom stereocenters. The lowest BCUT2D eigenvalue weighted by atomic mass is 10.1. The van der Waals surface area contributed by atoms with Gasteiger partial charge in [-0.15, -0.1) is 0 Å². The predicted octanol–water partition coefficient (Wildman–Crippen LogP) is 6.67. The zero-order valence-electron chi connectivity index (χ0n) is 18.8. The van der Waals surface area contributed by atoms with Crippen LogP contribution in [0.25, 0.3) is 11.0 Å². The van der Waals surface area contributed by atoms with E-state index in [-0.39, 0.29) is 5.91 Å². The van der Waals surface area contributed by atoms with Crippen molar-refractivity contribution in [1.82, 2.24) is 14.9 Å². The highest BCUT2D eigenvalue weighted by atomic mass is 79.9. The van der Waals surface area contributed by atoms with Crippen LogP contribution in [0.3, 0.4) is 0 Å². The predicted molar refractivity (Wildman–Crippen MR) is 141 cm³/mol. The van der Waals surface area contributed by atoms with Gasteiger partial charge in [0, 0.05) is 28.0 Å². The molecule has 0 aliphatic heterocycles. The number of unbranched alkanes of at least 4 members (excludes halogenated alkanes) is 2. The van der Waals surface area contributed by atoms with Crippen LogP contribution in [0.2, 0.25) is 5.02 Å². The minimum absolute atomic E-state index is 0.0382. The summed E-state index contributed by atoms with van der Waals surface area (Å²) < 4.78 is 9.07. The van der Waals surface area contributed by atoms with Crippen molar-refractivity contribution < 1.29 is 9.53 Å². The van der Waals surface area contributed by atoms with E-state index in [9.17, 15) is 4.79 Å². The molecule has 1 N–H and O–H groups in total. The highest BCUT2D eigenvalue weighted by Crippen LogP contribution is 2.19. The van der Waals surface area contributed by atoms with E-state index in [1.165, 1.54) is 0 Å². The van der Waals surface area contributed by atoms with E-state index in [4.69, 9.17) is 21.3 Å². The molecule has 7 heteroatoms. The van der Waals surface area contributed by atoms with Gasteiger partial charge in [0.2, 0.25) is 0 Å². The van der Waals surface area contributed by atoms with E-state index in [1.54, 1.807) is 0 Å². The lowest BCUT2D eigenvalue weighted by Gasteiger charge is -2.11. The summed E-state index contributed by atoms with van der Waals surface area (Å²) >= 11 is 9.35. The van der Waals surface area contributed by atoms with Crippen molar-refractivity contribution in [2.75, 3.05) is 13.2 Å². The molecule has 1 heterocycles. The fourth-order valence-corrected chi connectivity index (χ4v) is 4.40. The van der Waals surface area contributed by atoms with Crippen molar-refractivity contribution in [2.45, 2.75) is 32.2 Å². The van der Waals surface area contributed by atoms with E-state index < -0.39 is 0 Å². The van der Waals surface area contributed by atoms with Crippen LogP contribution in [0.1, 0.15) is 35.4 Å². The number of hydrogen-bond acceptors (Lipinski definition) is 3. The highest BCUT2D eigenvalue weighted by molar-refractivity contribution is 9.10. The Bertz CT molecular complexity index is 1240. The second-order valence-electron chi connectivity index (χ2n) is 8.05. The Balaban J connectivity index is 1.26. The minimum atomic E-state index is -0.0382. The first-order chi connectivity index (χ1) is 16.6. The summed E-state index contributed by atoms with van der Waals surface area (Å²) in [6.07, 6.45) is 3.84. The summed E-state index contributed by atoms with van der Waals surface area (Å²) in [5.74, 6) is 1.84. The second kappa shape index (κ2) is 12.0. The number of benzene rings is 3. The van der Waals surface area contributed by atoms with Crippen molar-refractivity contribution in [2.24, 2.45) is 0 Å². The number of carbonyl (C=O) groups is 1. The van der Waals surface area contributed by atoms with Crippen molar-refractivity contribution >= 4 is 44.5 Å². The Morgan fingerprint density at radius 3 is 2.65 bits per heavy atom. The Morgan fingerprint density at radius 2 is 1.82 bits per heavy atom. The monoisotopic (exact) mass is 539 g/mol. The van der Waals surface area contributed by atoms with Crippen LogP contribution < -0.4 is 10.1 Å². The normalized spacial score (nSPS) is 11.0. The molecule has 0 atom stereocenters. The van der Waals surface area contributed by atoms with Gasteiger partial charge in [-0.2, -0.15) is 0 Å². The zero-order chi connectivity index (χ0) is 23.8. The second-order valence-corrected chi connectivity index (χ2v) is 9.40. The lowest BCUT2D eigenvalue weighted by Crippen LogP contribution is -2.24. The SMILES string of the molecule is O=C(NCCCCCc1nc2ccccc2n1CCOc1ccc(Cl)cc1)c1cccc(Br)c1. The molecule has 1 aromatic heterocycles. The number of aromatic nitrogens is 2. The van der Waals surface area contributed by atoms with Gasteiger partial charge in [-0.05, 0) is 67.4 Å². The third-order valence-electron chi connectivity index (χ3n) is 5.58. The van der Waals surface area contributed by atoms with Crippen LogP contribution >= 0.6 is 27.5 Å². The standard InChI is InChI=1S/C27H27BrClN3O2/c28-21-8-6-7-20(19-21)27(33)30-16-5-1-2-11-26-31-24-9-3-4-10-25(24)32(26)17-18-34-23-14-12-22(29)13-15-23/h3-4,6-10,12-15,19H,1-2,5,11,16-18H2,(H,30,33). The Morgan fingerprint density at radius 1 is 1.00 bits per heavy atom. The lowest BCUT2D eigenvalue weighted by molar-refractivity contribution is 0.0953. The topological polar surface area (TPSA) is 56.2 Å². The molecule has 1 amide bonds. The average Bonchev–Trinajstić information content (AvgIpc) is 3.20. The molecular formula is C27H27BrClN3O2. The summed E-state index contributed by atoms with van der Waals surface area (Å²) in [4.78, 5) is 17.1. The Kier molecular flexibility index (Phi) is 8.61. The van der Waals surface area contributed by atoms with Gasteiger partial charge >= 0.3 is 0 Å². The molecule has 0 fully saturated rings. The number of fused-ring (bicyclic) bond motifs is 1. The van der Waals surface area contributed by atoms with Crippen molar-refractivity contribution in [3.8, 4) is 5.75 Å². The molecule has 0 aliphatic rings. The quantitative estimate of drug-likeness (QED) is 0.216. The summed E-state index contributed by atoms with van der Waals surface area (Å²) in [7, 11) is 0. The number of imidazole rings is 1. The van der Waals surface area contributed by atoms with Gasteiger partial charge in [0.15, 0.2) is 0 Å². The van der Waals surface area contributed by atoms with Crippen LogP contribution in [0.15, 0.2) is 77.3 Å². The van der Waals surface area contributed by atoms with E-state index in [2.05, 4.69) is 31.9 Å². The Labute approximate surface area is 213 Å². The number of nitrogens with one attached hydrogen (secondary N) is 1. The maximum Gasteiger partial charge on any atom is 0.251 e. The first-order valence-electron chi connectivity index (χ1n) is 11.5. The molecule has 0 saturated carbocycles. The number of nitrogens with zero attached hydrogens (tertiary/aromatic N) is 2. The third kappa shape index (κ3) is 6.61. The molecule has 0 aliphatic carbocycles. The minimum Gasteiger partial charge on any atom is -0.492 e. The molecule has 4 rings (SSSR count). The molecular weight excluding hydrogens is 514 g/mol. The molecule has 3 aromatic carbocycles.